The van der Waals surface area contributed by atoms with Crippen LogP contribution in [0.4, 0.5) is 10.5 Å². The van der Waals surface area contributed by atoms with Crippen LogP contribution in [0.3, 0.4) is 0 Å². The molecule has 0 bridgehead atoms. The van der Waals surface area contributed by atoms with Gasteiger partial charge in [0.25, 0.3) is 0 Å². The largest absolute Gasteiger partial charge is 0.325 e. The Hall–Kier alpha value is -2.85. The van der Waals surface area contributed by atoms with Crippen LogP contribution >= 0.6 is 0 Å². The van der Waals surface area contributed by atoms with Crippen LogP contribution < -0.4 is 4.90 Å². The van der Waals surface area contributed by atoms with E-state index in [1.807, 2.05) is 44.2 Å². The van der Waals surface area contributed by atoms with Gasteiger partial charge in [-0.3, -0.25) is 4.90 Å². The summed E-state index contributed by atoms with van der Waals surface area (Å²) >= 11 is 0. The minimum atomic E-state index is -3.20. The molecule has 2 aromatic carbocycles. The van der Waals surface area contributed by atoms with Crippen molar-refractivity contribution in [2.75, 3.05) is 16.4 Å². The first kappa shape index (κ1) is 18.5. The third-order valence-electron chi connectivity index (χ3n) is 5.40. The number of hydrogen-bond acceptors (Lipinski definition) is 4. The molecule has 2 aromatic rings. The number of aryl methyl sites for hydroxylation is 2. The molecule has 0 unspecified atom stereocenters. The Kier molecular flexibility index (Phi) is 4.39. The third-order valence-corrected chi connectivity index (χ3v) is 7.10. The molecule has 0 aliphatic carbocycles. The highest BCUT2D eigenvalue weighted by atomic mass is 32.2. The highest BCUT2D eigenvalue weighted by Gasteiger charge is 2.53. The Bertz CT molecular complexity index is 1070. The standard InChI is InChI=1S/C21H21N3O3S/c1-14-7-15(2)9-18(8-14)24-20-13-28(26,27)12-19(20)23(21(24)25)11-17-5-3-16(10-22)4-6-17/h3-9,19-20H,11-13H2,1-2H3/t19-,20+/m0/s1. The summed E-state index contributed by atoms with van der Waals surface area (Å²) < 4.78 is 24.7. The smallest absolute Gasteiger partial charge is 0.314 e. The molecule has 0 saturated carbocycles. The van der Waals surface area contributed by atoms with Gasteiger partial charge in [0, 0.05) is 12.2 Å². The van der Waals surface area contributed by atoms with Crippen molar-refractivity contribution in [1.82, 2.24) is 4.90 Å². The summed E-state index contributed by atoms with van der Waals surface area (Å²) in [6.45, 7) is 4.26. The quantitative estimate of drug-likeness (QED) is 0.749. The van der Waals surface area contributed by atoms with E-state index >= 15 is 0 Å². The van der Waals surface area contributed by atoms with Crippen molar-refractivity contribution < 1.29 is 13.2 Å². The lowest BCUT2D eigenvalue weighted by atomic mass is 10.1. The predicted molar refractivity (Wildman–Crippen MR) is 107 cm³/mol. The van der Waals surface area contributed by atoms with Gasteiger partial charge in [-0.25, -0.2) is 13.2 Å². The minimum Gasteiger partial charge on any atom is -0.314 e. The van der Waals surface area contributed by atoms with Gasteiger partial charge in [0.1, 0.15) is 0 Å². The second kappa shape index (κ2) is 6.64. The number of carbonyl (C=O) groups is 1. The Balaban J connectivity index is 1.71. The predicted octanol–water partition coefficient (Wildman–Crippen LogP) is 2.78. The van der Waals surface area contributed by atoms with Crippen molar-refractivity contribution in [2.45, 2.75) is 32.5 Å². The van der Waals surface area contributed by atoms with Crippen molar-refractivity contribution in [1.29, 1.82) is 5.26 Å². The number of rotatable bonds is 3. The number of anilines is 1. The molecule has 2 aliphatic heterocycles. The first-order valence-electron chi connectivity index (χ1n) is 9.15. The number of fused-ring (bicyclic) bond motifs is 1. The van der Waals surface area contributed by atoms with Crippen molar-refractivity contribution in [3.63, 3.8) is 0 Å². The van der Waals surface area contributed by atoms with Crippen LogP contribution in [0.5, 0.6) is 0 Å². The van der Waals surface area contributed by atoms with E-state index in [-0.39, 0.29) is 29.6 Å². The van der Waals surface area contributed by atoms with Crippen LogP contribution in [0.1, 0.15) is 22.3 Å². The van der Waals surface area contributed by atoms with E-state index in [0.717, 1.165) is 22.4 Å². The molecule has 2 fully saturated rings. The second-order valence-corrected chi connectivity index (χ2v) is 9.80. The number of hydrogen-bond donors (Lipinski definition) is 0. The summed E-state index contributed by atoms with van der Waals surface area (Å²) in [7, 11) is -3.20. The fourth-order valence-corrected chi connectivity index (χ4v) is 6.18. The number of benzene rings is 2. The molecule has 28 heavy (non-hydrogen) atoms. The molecule has 0 spiro atoms. The molecular weight excluding hydrogens is 374 g/mol. The van der Waals surface area contributed by atoms with E-state index in [1.165, 1.54) is 0 Å². The average Bonchev–Trinajstić information content (AvgIpc) is 3.05. The third kappa shape index (κ3) is 3.25. The summed E-state index contributed by atoms with van der Waals surface area (Å²) in [5.74, 6) is -0.0265. The molecule has 2 saturated heterocycles. The van der Waals surface area contributed by atoms with E-state index in [2.05, 4.69) is 6.07 Å². The normalized spacial score (nSPS) is 23.0. The summed E-state index contributed by atoms with van der Waals surface area (Å²) in [5.41, 5.74) is 4.24. The van der Waals surface area contributed by atoms with E-state index < -0.39 is 9.84 Å². The van der Waals surface area contributed by atoms with Crippen LogP contribution in [0.25, 0.3) is 0 Å². The van der Waals surface area contributed by atoms with Gasteiger partial charge in [-0.15, -0.1) is 0 Å². The lowest BCUT2D eigenvalue weighted by Crippen LogP contribution is -2.37. The van der Waals surface area contributed by atoms with Crippen molar-refractivity contribution >= 4 is 21.6 Å². The van der Waals surface area contributed by atoms with E-state index in [9.17, 15) is 13.2 Å². The summed E-state index contributed by atoms with van der Waals surface area (Å²) in [4.78, 5) is 16.6. The molecule has 4 rings (SSSR count). The van der Waals surface area contributed by atoms with Gasteiger partial charge in [0.15, 0.2) is 9.84 Å². The summed E-state index contributed by atoms with van der Waals surface area (Å²) in [6.07, 6.45) is 0. The van der Waals surface area contributed by atoms with E-state index in [4.69, 9.17) is 5.26 Å². The van der Waals surface area contributed by atoms with Crippen molar-refractivity contribution in [3.8, 4) is 6.07 Å². The Morgan fingerprint density at radius 1 is 1.04 bits per heavy atom. The van der Waals surface area contributed by atoms with Crippen molar-refractivity contribution in [3.05, 3.63) is 64.7 Å². The number of sulfone groups is 1. The minimum absolute atomic E-state index is 0.0129. The van der Waals surface area contributed by atoms with Gasteiger partial charge in [-0.1, -0.05) is 18.2 Å². The van der Waals surface area contributed by atoms with E-state index in [0.29, 0.717) is 12.1 Å². The highest BCUT2D eigenvalue weighted by molar-refractivity contribution is 7.91. The van der Waals surface area contributed by atoms with Crippen LogP contribution in [0.2, 0.25) is 0 Å². The maximum atomic E-state index is 13.3. The number of amides is 2. The fraction of sp³-hybridized carbons (Fsp3) is 0.333. The molecule has 2 atom stereocenters. The summed E-state index contributed by atoms with van der Waals surface area (Å²) in [5, 5.41) is 8.95. The van der Waals surface area contributed by atoms with Crippen molar-refractivity contribution in [2.24, 2.45) is 0 Å². The zero-order valence-corrected chi connectivity index (χ0v) is 16.6. The molecule has 0 aromatic heterocycles. The van der Waals surface area contributed by atoms with Crippen LogP contribution in [-0.4, -0.2) is 42.9 Å². The first-order chi connectivity index (χ1) is 13.3. The number of carbonyl (C=O) groups excluding carboxylic acids is 1. The summed E-state index contributed by atoms with van der Waals surface area (Å²) in [6, 6.07) is 14.1. The van der Waals surface area contributed by atoms with Gasteiger partial charge >= 0.3 is 6.03 Å². The maximum Gasteiger partial charge on any atom is 0.325 e. The molecule has 2 aliphatic rings. The molecule has 6 nitrogen and oxygen atoms in total. The highest BCUT2D eigenvalue weighted by Crippen LogP contribution is 2.36. The average molecular weight is 395 g/mol. The Labute approximate surface area is 164 Å². The topological polar surface area (TPSA) is 81.5 Å². The lowest BCUT2D eigenvalue weighted by Gasteiger charge is -2.23. The van der Waals surface area contributed by atoms with Gasteiger partial charge in [0.2, 0.25) is 0 Å². The Morgan fingerprint density at radius 3 is 2.25 bits per heavy atom. The Morgan fingerprint density at radius 2 is 1.64 bits per heavy atom. The zero-order valence-electron chi connectivity index (χ0n) is 15.8. The monoisotopic (exact) mass is 395 g/mol. The molecular formula is C21H21N3O3S. The van der Waals surface area contributed by atoms with Gasteiger partial charge in [0.05, 0.1) is 35.2 Å². The van der Waals surface area contributed by atoms with Crippen LogP contribution in [0, 0.1) is 25.2 Å². The second-order valence-electron chi connectivity index (χ2n) is 7.65. The molecule has 2 heterocycles. The molecule has 2 amide bonds. The lowest BCUT2D eigenvalue weighted by molar-refractivity contribution is 0.206. The van der Waals surface area contributed by atoms with Crippen LogP contribution in [0.15, 0.2) is 42.5 Å². The SMILES string of the molecule is Cc1cc(C)cc(N2C(=O)N(Cc3ccc(C#N)cc3)[C@H]3CS(=O)(=O)C[C@H]32)c1. The van der Waals surface area contributed by atoms with Gasteiger partial charge < -0.3 is 4.90 Å². The molecule has 7 heteroatoms. The molecule has 0 N–H and O–H groups in total. The number of nitriles is 1. The van der Waals surface area contributed by atoms with Crippen LogP contribution in [-0.2, 0) is 16.4 Å². The zero-order chi connectivity index (χ0) is 20.1. The van der Waals surface area contributed by atoms with E-state index in [1.54, 1.807) is 21.9 Å². The number of nitrogens with zero attached hydrogens (tertiary/aromatic N) is 3. The molecule has 144 valence electrons. The number of urea groups is 1. The first-order valence-corrected chi connectivity index (χ1v) is 11.0. The molecule has 0 radical (unpaired) electrons. The van der Waals surface area contributed by atoms with Gasteiger partial charge in [-0.05, 0) is 54.8 Å². The van der Waals surface area contributed by atoms with Gasteiger partial charge in [-0.2, -0.15) is 5.26 Å². The fourth-order valence-electron chi connectivity index (χ4n) is 4.23. The maximum absolute atomic E-state index is 13.3.